The fourth-order valence-corrected chi connectivity index (χ4v) is 3.88. The Balaban J connectivity index is 2.44. The molecule has 0 radical (unpaired) electrons. The van der Waals surface area contributed by atoms with Crippen LogP contribution in [0.4, 0.5) is 0 Å². The van der Waals surface area contributed by atoms with E-state index in [-0.39, 0.29) is 5.97 Å². The van der Waals surface area contributed by atoms with Crippen molar-refractivity contribution in [1.82, 2.24) is 5.32 Å². The van der Waals surface area contributed by atoms with Gasteiger partial charge in [0.2, 0.25) is 0 Å². The Morgan fingerprint density at radius 2 is 2.26 bits per heavy atom. The molecule has 0 aliphatic heterocycles. The summed E-state index contributed by atoms with van der Waals surface area (Å²) in [4.78, 5) is 12.0. The second kappa shape index (κ2) is 8.82. The molecule has 0 spiro atoms. The van der Waals surface area contributed by atoms with Gasteiger partial charge >= 0.3 is 5.97 Å². The summed E-state index contributed by atoms with van der Waals surface area (Å²) in [6.45, 7) is 3.80. The average Bonchev–Trinajstić information content (AvgIpc) is 2.85. The summed E-state index contributed by atoms with van der Waals surface area (Å²) in [6.07, 6.45) is 4.97. The maximum Gasteiger partial charge on any atom is 0.326 e. The fraction of sp³-hybridized carbons (Fsp3) is 0.929. The van der Waals surface area contributed by atoms with Gasteiger partial charge in [-0.2, -0.15) is 11.8 Å². The van der Waals surface area contributed by atoms with Crippen molar-refractivity contribution in [2.75, 3.05) is 33.1 Å². The van der Waals surface area contributed by atoms with Gasteiger partial charge in [-0.15, -0.1) is 0 Å². The molecule has 19 heavy (non-hydrogen) atoms. The van der Waals surface area contributed by atoms with Crippen molar-refractivity contribution < 1.29 is 14.3 Å². The van der Waals surface area contributed by atoms with Crippen LogP contribution in [0, 0.1) is 0 Å². The molecule has 1 aliphatic rings. The summed E-state index contributed by atoms with van der Waals surface area (Å²) in [7, 11) is 3.22. The molecule has 0 aromatic rings. The zero-order valence-electron chi connectivity index (χ0n) is 12.4. The molecule has 1 rings (SSSR count). The Morgan fingerprint density at radius 3 is 2.89 bits per heavy atom. The highest BCUT2D eigenvalue weighted by Crippen LogP contribution is 2.38. The van der Waals surface area contributed by atoms with Crippen LogP contribution in [-0.4, -0.2) is 49.9 Å². The van der Waals surface area contributed by atoms with Crippen molar-refractivity contribution >= 4 is 17.7 Å². The van der Waals surface area contributed by atoms with Crippen molar-refractivity contribution in [2.45, 2.75) is 49.8 Å². The van der Waals surface area contributed by atoms with E-state index in [4.69, 9.17) is 9.47 Å². The number of carbonyl (C=O) groups excluding carboxylic acids is 1. The molecule has 1 fully saturated rings. The zero-order chi connectivity index (χ0) is 14.1. The lowest BCUT2D eigenvalue weighted by atomic mass is 9.97. The SMILES string of the molecule is CCCNC1(C(=O)OC)CCC(SCCCOC)C1. The topological polar surface area (TPSA) is 47.6 Å². The van der Waals surface area contributed by atoms with E-state index in [0.29, 0.717) is 5.25 Å². The Bertz CT molecular complexity index is 275. The van der Waals surface area contributed by atoms with Gasteiger partial charge in [0, 0.05) is 19.0 Å². The third kappa shape index (κ3) is 4.97. The van der Waals surface area contributed by atoms with Crippen molar-refractivity contribution in [3.05, 3.63) is 0 Å². The van der Waals surface area contributed by atoms with Gasteiger partial charge in [-0.25, -0.2) is 0 Å². The summed E-state index contributed by atoms with van der Waals surface area (Å²) in [5, 5.41) is 3.97. The normalized spacial score (nSPS) is 26.6. The van der Waals surface area contributed by atoms with Crippen LogP contribution in [-0.2, 0) is 14.3 Å². The molecule has 112 valence electrons. The second-order valence-electron chi connectivity index (χ2n) is 5.08. The van der Waals surface area contributed by atoms with Crippen molar-refractivity contribution in [3.8, 4) is 0 Å². The van der Waals surface area contributed by atoms with Gasteiger partial charge in [0.25, 0.3) is 0 Å². The lowest BCUT2D eigenvalue weighted by Gasteiger charge is -2.27. The molecule has 0 amide bonds. The number of ether oxygens (including phenoxy) is 2. The number of rotatable bonds is 9. The molecule has 1 aliphatic carbocycles. The van der Waals surface area contributed by atoms with Gasteiger partial charge in [0.1, 0.15) is 5.54 Å². The Kier molecular flexibility index (Phi) is 7.80. The Morgan fingerprint density at radius 1 is 1.47 bits per heavy atom. The lowest BCUT2D eigenvalue weighted by molar-refractivity contribution is -0.148. The molecule has 0 heterocycles. The van der Waals surface area contributed by atoms with E-state index in [0.717, 1.165) is 51.0 Å². The monoisotopic (exact) mass is 289 g/mol. The van der Waals surface area contributed by atoms with Gasteiger partial charge in [0.15, 0.2) is 0 Å². The first-order valence-corrected chi connectivity index (χ1v) is 8.17. The number of esters is 1. The van der Waals surface area contributed by atoms with E-state index >= 15 is 0 Å². The first-order chi connectivity index (χ1) is 9.18. The third-order valence-corrected chi connectivity index (χ3v) is 5.00. The predicted molar refractivity (Wildman–Crippen MR) is 79.6 cm³/mol. The molecule has 0 aromatic carbocycles. The van der Waals surface area contributed by atoms with Gasteiger partial charge in [-0.3, -0.25) is 4.79 Å². The van der Waals surface area contributed by atoms with Gasteiger partial charge in [-0.05, 0) is 44.4 Å². The third-order valence-electron chi connectivity index (χ3n) is 3.61. The molecule has 4 nitrogen and oxygen atoms in total. The van der Waals surface area contributed by atoms with Crippen LogP contribution in [0.3, 0.4) is 0 Å². The van der Waals surface area contributed by atoms with Crippen LogP contribution in [0.2, 0.25) is 0 Å². The van der Waals surface area contributed by atoms with Crippen molar-refractivity contribution in [1.29, 1.82) is 0 Å². The molecule has 0 aromatic heterocycles. The number of thioether (sulfide) groups is 1. The lowest BCUT2D eigenvalue weighted by Crippen LogP contribution is -2.51. The van der Waals surface area contributed by atoms with Crippen molar-refractivity contribution in [2.24, 2.45) is 0 Å². The van der Waals surface area contributed by atoms with Crippen LogP contribution < -0.4 is 5.32 Å². The van der Waals surface area contributed by atoms with E-state index in [1.54, 1.807) is 7.11 Å². The number of nitrogens with one attached hydrogen (secondary N) is 1. The average molecular weight is 289 g/mol. The molecule has 0 saturated heterocycles. The van der Waals surface area contributed by atoms with E-state index < -0.39 is 5.54 Å². The highest BCUT2D eigenvalue weighted by molar-refractivity contribution is 7.99. The molecule has 5 heteroatoms. The van der Waals surface area contributed by atoms with Crippen LogP contribution in [0.15, 0.2) is 0 Å². The summed E-state index contributed by atoms with van der Waals surface area (Å²) in [6, 6.07) is 0. The first-order valence-electron chi connectivity index (χ1n) is 7.12. The smallest absolute Gasteiger partial charge is 0.326 e. The summed E-state index contributed by atoms with van der Waals surface area (Å²) < 4.78 is 10.1. The highest BCUT2D eigenvalue weighted by atomic mass is 32.2. The molecule has 0 bridgehead atoms. The van der Waals surface area contributed by atoms with Crippen LogP contribution in [0.25, 0.3) is 0 Å². The van der Waals surface area contributed by atoms with Crippen molar-refractivity contribution in [3.63, 3.8) is 0 Å². The van der Waals surface area contributed by atoms with Gasteiger partial charge in [-0.1, -0.05) is 6.92 Å². The molecule has 1 saturated carbocycles. The predicted octanol–water partition coefficient (Wildman–Crippen LogP) is 2.22. The van der Waals surface area contributed by atoms with E-state index in [9.17, 15) is 4.79 Å². The minimum absolute atomic E-state index is 0.0964. The number of hydrogen-bond acceptors (Lipinski definition) is 5. The largest absolute Gasteiger partial charge is 0.468 e. The standard InChI is InChI=1S/C14H27NO3S/c1-4-8-15-14(13(16)18-3)7-6-12(11-14)19-10-5-9-17-2/h12,15H,4-11H2,1-3H3. The molecular formula is C14H27NO3S. The maximum absolute atomic E-state index is 12.0. The number of hydrogen-bond donors (Lipinski definition) is 1. The summed E-state index contributed by atoms with van der Waals surface area (Å²) in [5.74, 6) is 1.00. The second-order valence-corrected chi connectivity index (χ2v) is 6.49. The summed E-state index contributed by atoms with van der Waals surface area (Å²) >= 11 is 1.96. The van der Waals surface area contributed by atoms with Gasteiger partial charge in [0.05, 0.1) is 7.11 Å². The zero-order valence-corrected chi connectivity index (χ0v) is 13.2. The quantitative estimate of drug-likeness (QED) is 0.521. The molecule has 1 N–H and O–H groups in total. The number of methoxy groups -OCH3 is 2. The van der Waals surface area contributed by atoms with E-state index in [1.165, 1.54) is 7.11 Å². The highest BCUT2D eigenvalue weighted by Gasteiger charge is 2.45. The first kappa shape index (κ1) is 16.8. The van der Waals surface area contributed by atoms with Crippen LogP contribution in [0.5, 0.6) is 0 Å². The van der Waals surface area contributed by atoms with E-state index in [2.05, 4.69) is 12.2 Å². The summed E-state index contributed by atoms with van der Waals surface area (Å²) in [5.41, 5.74) is -0.441. The number of carbonyl (C=O) groups is 1. The maximum atomic E-state index is 12.0. The minimum atomic E-state index is -0.441. The molecule has 2 unspecified atom stereocenters. The Hall–Kier alpha value is -0.260. The Labute approximate surface area is 121 Å². The minimum Gasteiger partial charge on any atom is -0.468 e. The van der Waals surface area contributed by atoms with Crippen LogP contribution >= 0.6 is 11.8 Å². The van der Waals surface area contributed by atoms with Crippen LogP contribution in [0.1, 0.15) is 39.0 Å². The molecule has 2 atom stereocenters. The van der Waals surface area contributed by atoms with Gasteiger partial charge < -0.3 is 14.8 Å². The molecular weight excluding hydrogens is 262 g/mol. The fourth-order valence-electron chi connectivity index (χ4n) is 2.57. The van der Waals surface area contributed by atoms with E-state index in [1.807, 2.05) is 11.8 Å².